The summed E-state index contributed by atoms with van der Waals surface area (Å²) in [6.45, 7) is 3.03. The molecule has 1 aromatic heterocycles. The zero-order valence-corrected chi connectivity index (χ0v) is 17.7. The van der Waals surface area contributed by atoms with Crippen LogP contribution in [0.2, 0.25) is 5.02 Å². The van der Waals surface area contributed by atoms with Gasteiger partial charge in [0.05, 0.1) is 17.4 Å². The van der Waals surface area contributed by atoms with Crippen molar-refractivity contribution in [2.75, 3.05) is 18.9 Å². The van der Waals surface area contributed by atoms with Crippen molar-refractivity contribution in [3.63, 3.8) is 0 Å². The predicted octanol–water partition coefficient (Wildman–Crippen LogP) is 4.71. The molecular formula is C23H23ClN6. The van der Waals surface area contributed by atoms with Gasteiger partial charge in [-0.05, 0) is 54.8 Å². The summed E-state index contributed by atoms with van der Waals surface area (Å²) in [5.41, 5.74) is 11.5. The molecule has 0 saturated heterocycles. The Bertz CT molecular complexity index is 1100. The topological polar surface area (TPSA) is 56.3 Å². The fourth-order valence-corrected chi connectivity index (χ4v) is 4.43. The first-order valence-corrected chi connectivity index (χ1v) is 10.4. The van der Waals surface area contributed by atoms with Crippen LogP contribution >= 0.6 is 11.6 Å². The Hall–Kier alpha value is -3.09. The maximum absolute atomic E-state index is 6.08. The lowest BCUT2D eigenvalue weighted by Gasteiger charge is -2.27. The standard InChI is InChI=1S/C23H23ClN6/c1-15-23-20-8-3-16(17-12-25-14-26-13-17)11-21(20)22(9-10-30(23)29(2)28-15)27-19-6-4-18(24)5-7-19/h3-8,11-14,22,27-28H,9-10H2,1-2H3. The zero-order chi connectivity index (χ0) is 20.7. The molecule has 152 valence electrons. The molecule has 0 aliphatic carbocycles. The minimum absolute atomic E-state index is 0.157. The van der Waals surface area contributed by atoms with Gasteiger partial charge >= 0.3 is 0 Å². The summed E-state index contributed by atoms with van der Waals surface area (Å²) >= 11 is 6.08. The number of hydrogen-bond acceptors (Lipinski definition) is 6. The van der Waals surface area contributed by atoms with Crippen LogP contribution in [0.15, 0.2) is 66.9 Å². The van der Waals surface area contributed by atoms with Crippen LogP contribution in [-0.4, -0.2) is 33.7 Å². The average Bonchev–Trinajstić information content (AvgIpc) is 2.95. The van der Waals surface area contributed by atoms with Crippen molar-refractivity contribution in [3.05, 3.63) is 83.0 Å². The first kappa shape index (κ1) is 18.9. The summed E-state index contributed by atoms with van der Waals surface area (Å²) in [5, 5.41) is 8.84. The molecule has 7 heteroatoms. The van der Waals surface area contributed by atoms with Crippen molar-refractivity contribution in [1.82, 2.24) is 25.5 Å². The van der Waals surface area contributed by atoms with Crippen LogP contribution in [0.3, 0.4) is 0 Å². The van der Waals surface area contributed by atoms with E-state index in [9.17, 15) is 0 Å². The number of halogens is 1. The molecule has 1 atom stereocenters. The third-order valence-corrected chi connectivity index (χ3v) is 5.95. The van der Waals surface area contributed by atoms with Gasteiger partial charge < -0.3 is 10.7 Å². The Morgan fingerprint density at radius 2 is 1.83 bits per heavy atom. The van der Waals surface area contributed by atoms with E-state index in [4.69, 9.17) is 11.6 Å². The van der Waals surface area contributed by atoms with Gasteiger partial charge in [-0.2, -0.15) is 0 Å². The van der Waals surface area contributed by atoms with Gasteiger partial charge in [0.2, 0.25) is 0 Å². The van der Waals surface area contributed by atoms with Crippen LogP contribution in [0.5, 0.6) is 0 Å². The molecule has 0 amide bonds. The summed E-state index contributed by atoms with van der Waals surface area (Å²) in [4.78, 5) is 8.38. The second kappa shape index (κ2) is 7.63. The highest BCUT2D eigenvalue weighted by molar-refractivity contribution is 6.30. The zero-order valence-electron chi connectivity index (χ0n) is 16.9. The number of fused-ring (bicyclic) bond motifs is 3. The molecule has 6 nitrogen and oxygen atoms in total. The highest BCUT2D eigenvalue weighted by atomic mass is 35.5. The molecule has 3 aromatic rings. The molecule has 2 aliphatic rings. The van der Waals surface area contributed by atoms with E-state index in [2.05, 4.69) is 63.0 Å². The number of anilines is 1. The average molecular weight is 419 g/mol. The Labute approximate surface area is 181 Å². The largest absolute Gasteiger partial charge is 0.378 e. The number of benzene rings is 2. The normalized spacial score (nSPS) is 18.5. The van der Waals surface area contributed by atoms with Gasteiger partial charge in [0.1, 0.15) is 6.33 Å². The number of hydrazine groups is 2. The molecule has 30 heavy (non-hydrogen) atoms. The monoisotopic (exact) mass is 418 g/mol. The number of nitrogens with zero attached hydrogens (tertiary/aromatic N) is 4. The van der Waals surface area contributed by atoms with Gasteiger partial charge in [0.15, 0.2) is 0 Å². The van der Waals surface area contributed by atoms with E-state index in [1.807, 2.05) is 36.7 Å². The van der Waals surface area contributed by atoms with Gasteiger partial charge in [-0.1, -0.05) is 23.7 Å². The Kier molecular flexibility index (Phi) is 4.81. The van der Waals surface area contributed by atoms with E-state index in [0.717, 1.165) is 40.5 Å². The van der Waals surface area contributed by atoms with Crippen LogP contribution in [0.1, 0.15) is 30.5 Å². The summed E-state index contributed by atoms with van der Waals surface area (Å²) in [7, 11) is 2.05. The molecule has 1 unspecified atom stereocenters. The second-order valence-electron chi connectivity index (χ2n) is 7.65. The van der Waals surface area contributed by atoms with E-state index < -0.39 is 0 Å². The highest BCUT2D eigenvalue weighted by Gasteiger charge is 2.33. The molecule has 2 N–H and O–H groups in total. The van der Waals surface area contributed by atoms with Gasteiger partial charge in [0, 0.05) is 47.8 Å². The molecule has 0 radical (unpaired) electrons. The highest BCUT2D eigenvalue weighted by Crippen LogP contribution is 2.40. The van der Waals surface area contributed by atoms with Crippen LogP contribution in [0.25, 0.3) is 16.8 Å². The van der Waals surface area contributed by atoms with E-state index in [-0.39, 0.29) is 6.04 Å². The Morgan fingerprint density at radius 3 is 2.60 bits per heavy atom. The van der Waals surface area contributed by atoms with E-state index in [1.54, 1.807) is 6.33 Å². The smallest absolute Gasteiger partial charge is 0.115 e. The lowest BCUT2D eigenvalue weighted by atomic mass is 9.93. The van der Waals surface area contributed by atoms with Crippen molar-refractivity contribution in [2.45, 2.75) is 19.4 Å². The number of rotatable bonds is 3. The Balaban J connectivity index is 1.62. The van der Waals surface area contributed by atoms with Crippen LogP contribution < -0.4 is 10.7 Å². The number of allylic oxidation sites excluding steroid dienone is 1. The summed E-state index contributed by atoms with van der Waals surface area (Å²) < 4.78 is 0. The maximum Gasteiger partial charge on any atom is 0.115 e. The van der Waals surface area contributed by atoms with Gasteiger partial charge in [0.25, 0.3) is 0 Å². The van der Waals surface area contributed by atoms with Crippen molar-refractivity contribution < 1.29 is 0 Å². The van der Waals surface area contributed by atoms with Crippen molar-refractivity contribution in [2.24, 2.45) is 0 Å². The molecule has 5 rings (SSSR count). The maximum atomic E-state index is 6.08. The number of nitrogens with one attached hydrogen (secondary N) is 2. The van der Waals surface area contributed by atoms with Crippen LogP contribution in [0, 0.1) is 0 Å². The number of hydrogen-bond donors (Lipinski definition) is 2. The minimum atomic E-state index is 0.157. The predicted molar refractivity (Wildman–Crippen MR) is 120 cm³/mol. The molecule has 0 spiro atoms. The first-order chi connectivity index (χ1) is 14.6. The van der Waals surface area contributed by atoms with E-state index in [0.29, 0.717) is 0 Å². The summed E-state index contributed by atoms with van der Waals surface area (Å²) in [6.07, 6.45) is 6.22. The number of aromatic nitrogens is 2. The second-order valence-corrected chi connectivity index (χ2v) is 8.09. The summed E-state index contributed by atoms with van der Waals surface area (Å²) in [6, 6.07) is 14.7. The SMILES string of the molecule is CC1=C2c3ccc(-c4cncnc4)cc3C(Nc3ccc(Cl)cc3)CCN2N(C)N1. The third-order valence-electron chi connectivity index (χ3n) is 5.70. The van der Waals surface area contributed by atoms with E-state index >= 15 is 0 Å². The lowest BCUT2D eigenvalue weighted by Crippen LogP contribution is -2.40. The Morgan fingerprint density at radius 1 is 1.07 bits per heavy atom. The first-order valence-electron chi connectivity index (χ1n) is 10.0. The molecule has 0 saturated carbocycles. The van der Waals surface area contributed by atoms with Crippen LogP contribution in [0.4, 0.5) is 5.69 Å². The third kappa shape index (κ3) is 3.38. The molecule has 2 aliphatic heterocycles. The van der Waals surface area contributed by atoms with Crippen molar-refractivity contribution in [1.29, 1.82) is 0 Å². The molecule has 3 heterocycles. The molecule has 0 fully saturated rings. The van der Waals surface area contributed by atoms with Crippen LogP contribution in [-0.2, 0) is 0 Å². The summed E-state index contributed by atoms with van der Waals surface area (Å²) in [5.74, 6) is 0. The van der Waals surface area contributed by atoms with Gasteiger partial charge in [-0.15, -0.1) is 5.12 Å². The van der Waals surface area contributed by atoms with Gasteiger partial charge in [-0.3, -0.25) is 5.01 Å². The lowest BCUT2D eigenvalue weighted by molar-refractivity contribution is 0.0447. The minimum Gasteiger partial charge on any atom is -0.378 e. The fourth-order valence-electron chi connectivity index (χ4n) is 4.30. The van der Waals surface area contributed by atoms with Crippen molar-refractivity contribution >= 4 is 23.0 Å². The van der Waals surface area contributed by atoms with E-state index in [1.165, 1.54) is 16.8 Å². The fraction of sp³-hybridized carbons (Fsp3) is 0.217. The molecule has 0 bridgehead atoms. The molecule has 2 aromatic carbocycles. The van der Waals surface area contributed by atoms with Gasteiger partial charge in [-0.25, -0.2) is 9.97 Å². The van der Waals surface area contributed by atoms with Crippen molar-refractivity contribution in [3.8, 4) is 11.1 Å². The molecular weight excluding hydrogens is 396 g/mol. The quantitative estimate of drug-likeness (QED) is 0.642.